The second-order valence-electron chi connectivity index (χ2n) is 10.2. The molecule has 1 atom stereocenters. The Morgan fingerprint density at radius 3 is 1.50 bits per heavy atom. The van der Waals surface area contributed by atoms with E-state index in [0.717, 1.165) is 0 Å². The normalized spacial score (nSPS) is 16.9. The Labute approximate surface area is 144 Å². The van der Waals surface area contributed by atoms with Crippen LogP contribution in [-0.4, -0.2) is 32.3 Å². The third-order valence-electron chi connectivity index (χ3n) is 3.28. The highest BCUT2D eigenvalue weighted by molar-refractivity contribution is 7.96. The van der Waals surface area contributed by atoms with Crippen molar-refractivity contribution >= 4 is 34.5 Å². The van der Waals surface area contributed by atoms with Gasteiger partial charge in [0.1, 0.15) is 15.4 Å². The molecular weight excluding hydrogens is 343 g/mol. The van der Waals surface area contributed by atoms with Gasteiger partial charge in [-0.2, -0.15) is 0 Å². The van der Waals surface area contributed by atoms with Crippen LogP contribution in [0, 0.1) is 0 Å². The fraction of sp³-hybridized carbons (Fsp3) is 1.00. The van der Waals surface area contributed by atoms with Crippen LogP contribution in [0.5, 0.6) is 0 Å². The van der Waals surface area contributed by atoms with Crippen LogP contribution in [0.15, 0.2) is 4.03 Å². The predicted octanol–water partition coefficient (Wildman–Crippen LogP) is 5.88. The average molecular weight is 383 g/mol. The Morgan fingerprint density at radius 2 is 1.27 bits per heavy atom. The molecule has 0 bridgehead atoms. The van der Waals surface area contributed by atoms with Crippen LogP contribution in [0.1, 0.15) is 41.5 Å². The van der Waals surface area contributed by atoms with Crippen molar-refractivity contribution in [3.8, 4) is 0 Å². The summed E-state index contributed by atoms with van der Waals surface area (Å²) in [7, 11) is -5.74. The lowest BCUT2D eigenvalue weighted by Crippen LogP contribution is -2.45. The van der Waals surface area contributed by atoms with E-state index in [1.807, 2.05) is 0 Å². The maximum absolute atomic E-state index is 14.0. The lowest BCUT2D eigenvalue weighted by atomic mass is 10.2. The standard InChI is InChI=1S/C15H39N2OPSSi2/c1-14(2,3)19(18,15(4,5)6)13-20(16-21(7,8)9)17-22(10,11)12/h13H2,1-12H3,(H,16,17). The number of nitrogens with one attached hydrogen (secondary N) is 1. The van der Waals surface area contributed by atoms with E-state index >= 15 is 0 Å². The van der Waals surface area contributed by atoms with Crippen molar-refractivity contribution < 1.29 is 4.57 Å². The summed E-state index contributed by atoms with van der Waals surface area (Å²) in [6.45, 7) is 26.4. The number of nitrogens with zero attached hydrogens (tertiary/aromatic N) is 1. The number of rotatable bonds is 5. The summed E-state index contributed by atoms with van der Waals surface area (Å²) >= 11 is 0. The van der Waals surface area contributed by atoms with Gasteiger partial charge in [-0.1, -0.05) is 61.2 Å². The summed E-state index contributed by atoms with van der Waals surface area (Å²) in [5.74, 6) is 0. The Balaban J connectivity index is 5.90. The zero-order chi connectivity index (χ0) is 18.2. The second-order valence-corrected chi connectivity index (χ2v) is 26.5. The molecule has 7 heteroatoms. The first-order valence-electron chi connectivity index (χ1n) is 8.09. The third kappa shape index (κ3) is 7.12. The zero-order valence-corrected chi connectivity index (χ0v) is 20.6. The highest BCUT2D eigenvalue weighted by Crippen LogP contribution is 2.67. The quantitative estimate of drug-likeness (QED) is 0.476. The van der Waals surface area contributed by atoms with Crippen molar-refractivity contribution in [3.63, 3.8) is 0 Å². The molecule has 0 radical (unpaired) electrons. The van der Waals surface area contributed by atoms with E-state index in [9.17, 15) is 4.57 Å². The van der Waals surface area contributed by atoms with Crippen LogP contribution in [0.4, 0.5) is 0 Å². The summed E-state index contributed by atoms with van der Waals surface area (Å²) in [4.78, 5) is 0. The molecule has 134 valence electrons. The second kappa shape index (κ2) is 6.95. The van der Waals surface area contributed by atoms with Gasteiger partial charge < -0.3 is 4.57 Å². The van der Waals surface area contributed by atoms with Crippen molar-refractivity contribution in [2.75, 3.05) is 5.49 Å². The molecule has 0 heterocycles. The van der Waals surface area contributed by atoms with Gasteiger partial charge in [0.05, 0.1) is 5.49 Å². The van der Waals surface area contributed by atoms with E-state index in [1.165, 1.54) is 0 Å². The van der Waals surface area contributed by atoms with Crippen LogP contribution < -0.4 is 4.39 Å². The number of hydrogen-bond donors (Lipinski definition) is 1. The predicted molar refractivity (Wildman–Crippen MR) is 112 cm³/mol. The zero-order valence-electron chi connectivity index (χ0n) is 16.9. The Bertz CT molecular complexity index is 448. The molecule has 0 rings (SSSR count). The molecular formula is C15H39N2OPSSi2. The molecule has 0 aromatic rings. The fourth-order valence-corrected chi connectivity index (χ4v) is 16.5. The Hall–Kier alpha value is 0.774. The Kier molecular flexibility index (Phi) is 7.19. The molecule has 3 nitrogen and oxygen atoms in total. The topological polar surface area (TPSA) is 41.5 Å². The summed E-state index contributed by atoms with van der Waals surface area (Å²) in [6.07, 6.45) is 0. The minimum Gasteiger partial charge on any atom is -0.322 e. The Morgan fingerprint density at radius 1 is 0.909 bits per heavy atom. The molecule has 0 aliphatic carbocycles. The third-order valence-corrected chi connectivity index (χ3v) is 16.5. The molecule has 1 N–H and O–H groups in total. The van der Waals surface area contributed by atoms with E-state index < -0.39 is 23.6 Å². The first-order chi connectivity index (χ1) is 9.29. The summed E-state index contributed by atoms with van der Waals surface area (Å²) in [6, 6.07) is 0. The molecule has 0 amide bonds. The smallest absolute Gasteiger partial charge is 0.183 e. The average Bonchev–Trinajstić information content (AvgIpc) is 2.06. The van der Waals surface area contributed by atoms with Crippen molar-refractivity contribution in [3.05, 3.63) is 0 Å². The molecule has 0 spiro atoms. The van der Waals surface area contributed by atoms with Gasteiger partial charge in [-0.3, -0.25) is 8.42 Å². The molecule has 0 aliphatic heterocycles. The maximum atomic E-state index is 14.0. The first-order valence-corrected chi connectivity index (χ1v) is 18.3. The lowest BCUT2D eigenvalue weighted by Gasteiger charge is -2.42. The van der Waals surface area contributed by atoms with E-state index in [2.05, 4.69) is 85.2 Å². The largest absolute Gasteiger partial charge is 0.322 e. The van der Waals surface area contributed by atoms with Gasteiger partial charge in [0.25, 0.3) is 0 Å². The molecule has 0 saturated heterocycles. The summed E-state index contributed by atoms with van der Waals surface area (Å²) < 4.78 is 22.9. The van der Waals surface area contributed by atoms with Gasteiger partial charge >= 0.3 is 0 Å². The van der Waals surface area contributed by atoms with Crippen molar-refractivity contribution in [1.82, 2.24) is 4.39 Å². The van der Waals surface area contributed by atoms with E-state index in [4.69, 9.17) is 4.03 Å². The highest BCUT2D eigenvalue weighted by atomic mass is 32.2. The van der Waals surface area contributed by atoms with Crippen LogP contribution in [-0.2, 0) is 15.4 Å². The molecule has 0 aromatic carbocycles. The monoisotopic (exact) mass is 382 g/mol. The van der Waals surface area contributed by atoms with Crippen LogP contribution >= 0.6 is 7.14 Å². The minimum atomic E-state index is -2.41. The van der Waals surface area contributed by atoms with E-state index in [-0.39, 0.29) is 21.2 Å². The fourth-order valence-electron chi connectivity index (χ4n) is 2.33. The number of hydrogen-bond acceptors (Lipinski definition) is 2. The molecule has 22 heavy (non-hydrogen) atoms. The molecule has 0 fully saturated rings. The van der Waals surface area contributed by atoms with Crippen molar-refractivity contribution in [2.45, 2.75) is 91.1 Å². The maximum Gasteiger partial charge on any atom is 0.183 e. The highest BCUT2D eigenvalue weighted by Gasteiger charge is 2.47. The van der Waals surface area contributed by atoms with Gasteiger partial charge in [0.2, 0.25) is 0 Å². The molecule has 0 saturated carbocycles. The van der Waals surface area contributed by atoms with Gasteiger partial charge in [0.15, 0.2) is 8.24 Å². The SMILES string of the molecule is CC(C)(C)P(=O)(CS(=N[Si](C)(C)C)N[Si](C)(C)C)C(C)(C)C. The van der Waals surface area contributed by atoms with E-state index in [1.54, 1.807) is 0 Å². The minimum absolute atomic E-state index is 0.188. The van der Waals surface area contributed by atoms with Crippen molar-refractivity contribution in [2.24, 2.45) is 4.03 Å². The van der Waals surface area contributed by atoms with Crippen LogP contribution in [0.2, 0.25) is 39.3 Å². The molecule has 0 aliphatic rings. The molecule has 1 unspecified atom stereocenters. The van der Waals surface area contributed by atoms with Gasteiger partial charge in [-0.25, -0.2) is 0 Å². The summed E-state index contributed by atoms with van der Waals surface area (Å²) in [5.41, 5.74) is 0.703. The molecule has 0 aromatic heterocycles. The van der Waals surface area contributed by atoms with Gasteiger partial charge in [-0.05, 0) is 30.5 Å². The lowest BCUT2D eigenvalue weighted by molar-refractivity contribution is 0.522. The summed E-state index contributed by atoms with van der Waals surface area (Å²) in [5, 5.41) is -0.376. The van der Waals surface area contributed by atoms with Crippen molar-refractivity contribution in [1.29, 1.82) is 0 Å². The van der Waals surface area contributed by atoms with Crippen LogP contribution in [0.3, 0.4) is 0 Å². The first kappa shape index (κ1) is 22.8. The van der Waals surface area contributed by atoms with E-state index in [0.29, 0.717) is 5.49 Å². The van der Waals surface area contributed by atoms with Gasteiger partial charge in [-0.15, -0.1) is 0 Å². The van der Waals surface area contributed by atoms with Crippen LogP contribution in [0.25, 0.3) is 0 Å². The van der Waals surface area contributed by atoms with Gasteiger partial charge in [0, 0.05) is 10.3 Å².